The minimum atomic E-state index is -0.926. The second-order valence-corrected chi connectivity index (χ2v) is 4.15. The maximum atomic E-state index is 12.8. The summed E-state index contributed by atoms with van der Waals surface area (Å²) in [5.74, 6) is -1.78. The summed E-state index contributed by atoms with van der Waals surface area (Å²) in [6.07, 6.45) is 0. The number of nitrogens with one attached hydrogen (secondary N) is 1. The van der Waals surface area contributed by atoms with Gasteiger partial charge in [-0.25, -0.2) is 8.78 Å². The summed E-state index contributed by atoms with van der Waals surface area (Å²) in [5.41, 5.74) is -0.478. The predicted molar refractivity (Wildman–Crippen MR) is 55.7 cm³/mol. The number of benzene rings is 1. The van der Waals surface area contributed by atoms with E-state index in [-0.39, 0.29) is 6.04 Å². The summed E-state index contributed by atoms with van der Waals surface area (Å²) in [4.78, 5) is 0. The molecule has 0 saturated heterocycles. The van der Waals surface area contributed by atoms with Crippen LogP contribution in [0.3, 0.4) is 0 Å². The highest BCUT2D eigenvalue weighted by Crippen LogP contribution is 2.17. The maximum absolute atomic E-state index is 12.8. The van der Waals surface area contributed by atoms with Crippen molar-refractivity contribution in [1.82, 2.24) is 0 Å². The minimum Gasteiger partial charge on any atom is -0.388 e. The Hall–Kier alpha value is -1.16. The van der Waals surface area contributed by atoms with E-state index in [0.717, 1.165) is 12.1 Å². The quantitative estimate of drug-likeness (QED) is 0.812. The lowest BCUT2D eigenvalue weighted by molar-refractivity contribution is 0.0649. The van der Waals surface area contributed by atoms with Crippen LogP contribution in [0.4, 0.5) is 14.5 Å². The van der Waals surface area contributed by atoms with Crippen LogP contribution in [0.15, 0.2) is 18.2 Å². The lowest BCUT2D eigenvalue weighted by atomic mass is 10.0. The highest BCUT2D eigenvalue weighted by molar-refractivity contribution is 5.44. The molecule has 0 saturated carbocycles. The molecule has 0 spiro atoms. The Morgan fingerprint density at radius 3 is 2.33 bits per heavy atom. The molecule has 1 unspecified atom stereocenters. The average molecular weight is 215 g/mol. The predicted octanol–water partition coefficient (Wildman–Crippen LogP) is 2.54. The zero-order valence-electron chi connectivity index (χ0n) is 9.01. The van der Waals surface area contributed by atoms with E-state index in [0.29, 0.717) is 5.69 Å². The lowest BCUT2D eigenvalue weighted by Gasteiger charge is -2.27. The first-order valence-electron chi connectivity index (χ1n) is 4.74. The first-order chi connectivity index (χ1) is 6.80. The van der Waals surface area contributed by atoms with Crippen LogP contribution in [-0.2, 0) is 0 Å². The topological polar surface area (TPSA) is 32.3 Å². The van der Waals surface area contributed by atoms with Crippen molar-refractivity contribution in [2.75, 3.05) is 5.32 Å². The van der Waals surface area contributed by atoms with E-state index in [4.69, 9.17) is 0 Å². The van der Waals surface area contributed by atoms with Crippen molar-refractivity contribution in [2.45, 2.75) is 32.4 Å². The third-order valence-electron chi connectivity index (χ3n) is 2.36. The Morgan fingerprint density at radius 1 is 1.27 bits per heavy atom. The maximum Gasteiger partial charge on any atom is 0.160 e. The van der Waals surface area contributed by atoms with E-state index in [1.807, 2.05) is 0 Å². The van der Waals surface area contributed by atoms with E-state index in [2.05, 4.69) is 5.32 Å². The van der Waals surface area contributed by atoms with E-state index in [9.17, 15) is 13.9 Å². The third kappa shape index (κ3) is 3.16. The van der Waals surface area contributed by atoms with Crippen LogP contribution in [0, 0.1) is 11.6 Å². The van der Waals surface area contributed by atoms with Crippen molar-refractivity contribution in [1.29, 1.82) is 0 Å². The van der Waals surface area contributed by atoms with E-state index >= 15 is 0 Å². The summed E-state index contributed by atoms with van der Waals surface area (Å²) in [7, 11) is 0. The SMILES string of the molecule is CC(Nc1ccc(F)c(F)c1)C(C)(C)O. The van der Waals surface area contributed by atoms with Crippen molar-refractivity contribution in [3.05, 3.63) is 29.8 Å². The van der Waals surface area contributed by atoms with Crippen LogP contribution in [0.5, 0.6) is 0 Å². The molecule has 1 aromatic carbocycles. The fourth-order valence-electron chi connectivity index (χ4n) is 1.01. The number of aliphatic hydroxyl groups is 1. The van der Waals surface area contributed by atoms with Gasteiger partial charge in [-0.1, -0.05) is 0 Å². The number of rotatable bonds is 3. The smallest absolute Gasteiger partial charge is 0.160 e. The molecule has 1 atom stereocenters. The van der Waals surface area contributed by atoms with Crippen LogP contribution >= 0.6 is 0 Å². The lowest BCUT2D eigenvalue weighted by Crippen LogP contribution is -2.39. The summed E-state index contributed by atoms with van der Waals surface area (Å²) in [6, 6.07) is 3.29. The number of hydrogen-bond donors (Lipinski definition) is 2. The summed E-state index contributed by atoms with van der Waals surface area (Å²) >= 11 is 0. The molecular weight excluding hydrogens is 200 g/mol. The molecule has 0 radical (unpaired) electrons. The Morgan fingerprint density at radius 2 is 1.87 bits per heavy atom. The largest absolute Gasteiger partial charge is 0.388 e. The summed E-state index contributed by atoms with van der Waals surface area (Å²) in [5, 5.41) is 12.5. The molecule has 2 N–H and O–H groups in total. The second-order valence-electron chi connectivity index (χ2n) is 4.15. The molecule has 0 fully saturated rings. The molecule has 0 aliphatic carbocycles. The Bertz CT molecular complexity index is 347. The molecule has 2 nitrogen and oxygen atoms in total. The van der Waals surface area contributed by atoms with Gasteiger partial charge in [-0.2, -0.15) is 0 Å². The molecule has 1 rings (SSSR count). The van der Waals surface area contributed by atoms with Crippen molar-refractivity contribution in [3.8, 4) is 0 Å². The minimum absolute atomic E-state index is 0.262. The number of hydrogen-bond acceptors (Lipinski definition) is 2. The molecule has 0 heterocycles. The van der Waals surface area contributed by atoms with Gasteiger partial charge in [-0.05, 0) is 32.9 Å². The third-order valence-corrected chi connectivity index (χ3v) is 2.36. The van der Waals surface area contributed by atoms with E-state index in [1.54, 1.807) is 20.8 Å². The Kier molecular flexibility index (Phi) is 3.29. The standard InChI is InChI=1S/C11H15F2NO/c1-7(11(2,3)15)14-8-4-5-9(12)10(13)6-8/h4-7,14-15H,1-3H3. The fraction of sp³-hybridized carbons (Fsp3) is 0.455. The molecule has 0 aliphatic heterocycles. The highest BCUT2D eigenvalue weighted by Gasteiger charge is 2.22. The van der Waals surface area contributed by atoms with Gasteiger partial charge >= 0.3 is 0 Å². The van der Waals surface area contributed by atoms with Gasteiger partial charge in [0.25, 0.3) is 0 Å². The molecule has 1 aromatic rings. The molecule has 0 aliphatic rings. The zero-order valence-corrected chi connectivity index (χ0v) is 9.01. The van der Waals surface area contributed by atoms with Crippen molar-refractivity contribution in [3.63, 3.8) is 0 Å². The molecule has 0 aromatic heterocycles. The van der Waals surface area contributed by atoms with Gasteiger partial charge in [0.2, 0.25) is 0 Å². The number of halogens is 2. The van der Waals surface area contributed by atoms with Gasteiger partial charge in [-0.15, -0.1) is 0 Å². The first kappa shape index (κ1) is 11.9. The number of anilines is 1. The summed E-state index contributed by atoms with van der Waals surface area (Å²) < 4.78 is 25.5. The van der Waals surface area contributed by atoms with E-state index < -0.39 is 17.2 Å². The Labute approximate surface area is 87.9 Å². The monoisotopic (exact) mass is 215 g/mol. The van der Waals surface area contributed by atoms with Crippen molar-refractivity contribution < 1.29 is 13.9 Å². The average Bonchev–Trinajstić information content (AvgIpc) is 2.10. The van der Waals surface area contributed by atoms with Crippen molar-refractivity contribution in [2.24, 2.45) is 0 Å². The molecule has 0 amide bonds. The van der Waals surface area contributed by atoms with Gasteiger partial charge in [0.05, 0.1) is 11.6 Å². The Balaban J connectivity index is 2.78. The first-order valence-corrected chi connectivity index (χ1v) is 4.74. The van der Waals surface area contributed by atoms with Crippen molar-refractivity contribution >= 4 is 5.69 Å². The summed E-state index contributed by atoms with van der Waals surface area (Å²) in [6.45, 7) is 5.05. The van der Waals surface area contributed by atoms with Crippen LogP contribution < -0.4 is 5.32 Å². The second kappa shape index (κ2) is 4.14. The van der Waals surface area contributed by atoms with Crippen LogP contribution in [0.1, 0.15) is 20.8 Å². The zero-order chi connectivity index (χ0) is 11.6. The molecule has 0 bridgehead atoms. The van der Waals surface area contributed by atoms with Gasteiger partial charge < -0.3 is 10.4 Å². The van der Waals surface area contributed by atoms with Crippen LogP contribution in [-0.4, -0.2) is 16.7 Å². The van der Waals surface area contributed by atoms with Gasteiger partial charge in [0.15, 0.2) is 11.6 Å². The molecule has 15 heavy (non-hydrogen) atoms. The highest BCUT2D eigenvalue weighted by atomic mass is 19.2. The molecule has 84 valence electrons. The molecular formula is C11H15F2NO. The van der Waals surface area contributed by atoms with Crippen LogP contribution in [0.25, 0.3) is 0 Å². The van der Waals surface area contributed by atoms with Gasteiger partial charge in [0.1, 0.15) is 0 Å². The fourth-order valence-corrected chi connectivity index (χ4v) is 1.01. The normalized spacial score (nSPS) is 13.7. The molecule has 4 heteroatoms. The van der Waals surface area contributed by atoms with E-state index in [1.165, 1.54) is 6.07 Å². The van der Waals surface area contributed by atoms with Crippen LogP contribution in [0.2, 0.25) is 0 Å². The van der Waals surface area contributed by atoms with Gasteiger partial charge in [-0.3, -0.25) is 0 Å². The van der Waals surface area contributed by atoms with Gasteiger partial charge in [0, 0.05) is 11.8 Å².